The van der Waals surface area contributed by atoms with E-state index in [2.05, 4.69) is 0 Å². The number of hydrogen-bond acceptors (Lipinski definition) is 2. The first-order valence-electron chi connectivity index (χ1n) is 5.72. The molecule has 0 radical (unpaired) electrons. The quantitative estimate of drug-likeness (QED) is 0.786. The Morgan fingerprint density at radius 3 is 2.25 bits per heavy atom. The van der Waals surface area contributed by atoms with E-state index in [0.29, 0.717) is 6.42 Å². The van der Waals surface area contributed by atoms with Gasteiger partial charge in [-0.05, 0) is 6.42 Å². The normalized spacial score (nSPS) is 31.2. The summed E-state index contributed by atoms with van der Waals surface area (Å²) in [6.07, 6.45) is 0.536. The molecule has 1 aliphatic heterocycles. The van der Waals surface area contributed by atoms with Crippen LogP contribution in [0.1, 0.15) is 27.2 Å². The van der Waals surface area contributed by atoms with Crippen molar-refractivity contribution < 1.29 is 13.6 Å². The molecule has 3 nitrogen and oxygen atoms in total. The number of piperidine rings is 1. The lowest BCUT2D eigenvalue weighted by Crippen LogP contribution is -2.56. The highest BCUT2D eigenvalue weighted by Crippen LogP contribution is 2.37. The Bertz CT molecular complexity index is 257. The summed E-state index contributed by atoms with van der Waals surface area (Å²) < 4.78 is 27.1. The van der Waals surface area contributed by atoms with Crippen LogP contribution in [0, 0.1) is 11.8 Å². The molecular formula is C11H20F2N2O. The van der Waals surface area contributed by atoms with Crippen LogP contribution in [0.2, 0.25) is 0 Å². The number of carbonyl (C=O) groups excluding carboxylic acids is 1. The predicted octanol–water partition coefficient (Wildman–Crippen LogP) is 1.47. The van der Waals surface area contributed by atoms with Crippen molar-refractivity contribution in [1.82, 2.24) is 4.90 Å². The van der Waals surface area contributed by atoms with Gasteiger partial charge < -0.3 is 10.6 Å². The first-order valence-corrected chi connectivity index (χ1v) is 5.72. The molecule has 0 saturated carbocycles. The van der Waals surface area contributed by atoms with E-state index in [-0.39, 0.29) is 19.0 Å². The van der Waals surface area contributed by atoms with Crippen LogP contribution in [-0.2, 0) is 4.79 Å². The molecule has 1 saturated heterocycles. The van der Waals surface area contributed by atoms with Crippen molar-refractivity contribution in [2.24, 2.45) is 17.6 Å². The molecule has 0 aromatic carbocycles. The van der Waals surface area contributed by atoms with Gasteiger partial charge in [-0.15, -0.1) is 0 Å². The third-order valence-electron chi connectivity index (χ3n) is 3.37. The average Bonchev–Trinajstić information content (AvgIpc) is 2.23. The monoisotopic (exact) mass is 234 g/mol. The molecule has 3 unspecified atom stereocenters. The van der Waals surface area contributed by atoms with Crippen molar-refractivity contribution in [1.29, 1.82) is 0 Å². The van der Waals surface area contributed by atoms with E-state index in [1.54, 1.807) is 0 Å². The molecule has 2 N–H and O–H groups in total. The van der Waals surface area contributed by atoms with Crippen molar-refractivity contribution in [3.8, 4) is 0 Å². The molecule has 1 fully saturated rings. The number of amides is 1. The van der Waals surface area contributed by atoms with Crippen LogP contribution >= 0.6 is 0 Å². The van der Waals surface area contributed by atoms with Gasteiger partial charge in [0.2, 0.25) is 5.91 Å². The van der Waals surface area contributed by atoms with Crippen LogP contribution in [0.3, 0.4) is 0 Å². The number of carbonyl (C=O) groups is 1. The zero-order valence-electron chi connectivity index (χ0n) is 10.0. The number of rotatable bonds is 2. The third-order valence-corrected chi connectivity index (χ3v) is 3.37. The lowest BCUT2D eigenvalue weighted by molar-refractivity contribution is -0.159. The maximum atomic E-state index is 13.5. The van der Waals surface area contributed by atoms with E-state index in [1.807, 2.05) is 6.92 Å². The van der Waals surface area contributed by atoms with Crippen molar-refractivity contribution in [3.63, 3.8) is 0 Å². The van der Waals surface area contributed by atoms with Crippen LogP contribution in [0.15, 0.2) is 0 Å². The summed E-state index contributed by atoms with van der Waals surface area (Å²) in [5.41, 5.74) is 5.63. The number of nitrogens with two attached hydrogens (primary N) is 1. The molecule has 3 atom stereocenters. The lowest BCUT2D eigenvalue weighted by Gasteiger charge is -2.41. The molecule has 1 heterocycles. The topological polar surface area (TPSA) is 46.3 Å². The molecule has 16 heavy (non-hydrogen) atoms. The van der Waals surface area contributed by atoms with Gasteiger partial charge in [0, 0.05) is 24.9 Å². The first kappa shape index (κ1) is 13.4. The summed E-state index contributed by atoms with van der Waals surface area (Å²) in [5.74, 6) is -4.50. The molecular weight excluding hydrogens is 214 g/mol. The zero-order valence-corrected chi connectivity index (χ0v) is 10.0. The van der Waals surface area contributed by atoms with Crippen molar-refractivity contribution >= 4 is 5.91 Å². The van der Waals surface area contributed by atoms with E-state index >= 15 is 0 Å². The van der Waals surface area contributed by atoms with Crippen LogP contribution in [0.5, 0.6) is 0 Å². The number of alkyl halides is 2. The Hall–Kier alpha value is -0.710. The summed E-state index contributed by atoms with van der Waals surface area (Å²) in [5, 5.41) is 0. The molecule has 0 aromatic heterocycles. The highest BCUT2D eigenvalue weighted by Gasteiger charge is 2.48. The fraction of sp³-hybridized carbons (Fsp3) is 0.909. The summed E-state index contributed by atoms with van der Waals surface area (Å²) in [6, 6.07) is -0.564. The minimum atomic E-state index is -2.69. The maximum absolute atomic E-state index is 13.5. The average molecular weight is 234 g/mol. The second-order valence-electron chi connectivity index (χ2n) is 4.73. The van der Waals surface area contributed by atoms with E-state index in [0.717, 1.165) is 0 Å². The van der Waals surface area contributed by atoms with Gasteiger partial charge >= 0.3 is 0 Å². The first-order chi connectivity index (χ1) is 7.30. The molecule has 0 bridgehead atoms. The van der Waals surface area contributed by atoms with Gasteiger partial charge in [-0.3, -0.25) is 4.79 Å². The molecule has 1 rings (SSSR count). The third kappa shape index (κ3) is 2.34. The van der Waals surface area contributed by atoms with Gasteiger partial charge in [0.1, 0.15) is 0 Å². The Kier molecular flexibility index (Phi) is 3.88. The molecule has 1 amide bonds. The van der Waals surface area contributed by atoms with E-state index < -0.39 is 23.8 Å². The van der Waals surface area contributed by atoms with Crippen LogP contribution in [0.4, 0.5) is 8.78 Å². The molecule has 5 heteroatoms. The summed E-state index contributed by atoms with van der Waals surface area (Å²) >= 11 is 0. The predicted molar refractivity (Wildman–Crippen MR) is 58.1 cm³/mol. The number of halogens is 2. The number of nitrogens with zero attached hydrogens (tertiary/aromatic N) is 1. The van der Waals surface area contributed by atoms with Crippen molar-refractivity contribution in [2.75, 3.05) is 13.1 Å². The van der Waals surface area contributed by atoms with Crippen LogP contribution < -0.4 is 5.73 Å². The Balaban J connectivity index is 2.71. The smallest absolute Gasteiger partial charge is 0.256 e. The summed E-state index contributed by atoms with van der Waals surface area (Å²) in [4.78, 5) is 13.3. The minimum Gasteiger partial charge on any atom is -0.340 e. The second-order valence-corrected chi connectivity index (χ2v) is 4.73. The minimum absolute atomic E-state index is 0.101. The molecule has 0 aliphatic carbocycles. The van der Waals surface area contributed by atoms with E-state index in [4.69, 9.17) is 5.73 Å². The van der Waals surface area contributed by atoms with Gasteiger partial charge in [0.15, 0.2) is 0 Å². The molecule has 0 spiro atoms. The highest BCUT2D eigenvalue weighted by molar-refractivity contribution is 5.81. The van der Waals surface area contributed by atoms with Gasteiger partial charge in [-0.1, -0.05) is 20.8 Å². The highest BCUT2D eigenvalue weighted by atomic mass is 19.3. The lowest BCUT2D eigenvalue weighted by atomic mass is 9.87. The second kappa shape index (κ2) is 4.65. The summed E-state index contributed by atoms with van der Waals surface area (Å²) in [6.45, 7) is 4.97. The van der Waals surface area contributed by atoms with Crippen LogP contribution in [0.25, 0.3) is 0 Å². The largest absolute Gasteiger partial charge is 0.340 e. The van der Waals surface area contributed by atoms with E-state index in [1.165, 1.54) is 18.7 Å². The van der Waals surface area contributed by atoms with Crippen LogP contribution in [-0.4, -0.2) is 35.9 Å². The Labute approximate surface area is 95.0 Å². The SMILES string of the molecule is CCC(N)C(=O)N1CC(C)C(F)(F)C(C)C1. The van der Waals surface area contributed by atoms with Gasteiger partial charge in [0.25, 0.3) is 5.92 Å². The van der Waals surface area contributed by atoms with Gasteiger partial charge in [-0.25, -0.2) is 8.78 Å². The molecule has 1 aliphatic rings. The zero-order chi connectivity index (χ0) is 12.5. The summed E-state index contributed by atoms with van der Waals surface area (Å²) in [7, 11) is 0. The molecule has 94 valence electrons. The maximum Gasteiger partial charge on any atom is 0.256 e. The van der Waals surface area contributed by atoms with E-state index in [9.17, 15) is 13.6 Å². The fourth-order valence-electron chi connectivity index (χ4n) is 2.05. The fourth-order valence-corrected chi connectivity index (χ4v) is 2.05. The standard InChI is InChI=1S/C11H20F2N2O/c1-4-9(14)10(16)15-5-7(2)11(12,13)8(3)6-15/h7-9H,4-6,14H2,1-3H3. The number of likely N-dealkylation sites (tertiary alicyclic amines) is 1. The number of hydrogen-bond donors (Lipinski definition) is 1. The van der Waals surface area contributed by atoms with Crippen molar-refractivity contribution in [3.05, 3.63) is 0 Å². The molecule has 0 aromatic rings. The van der Waals surface area contributed by atoms with Gasteiger partial charge in [-0.2, -0.15) is 0 Å². The van der Waals surface area contributed by atoms with Gasteiger partial charge in [0.05, 0.1) is 6.04 Å². The van der Waals surface area contributed by atoms with Crippen molar-refractivity contribution in [2.45, 2.75) is 39.2 Å². The Morgan fingerprint density at radius 1 is 1.44 bits per heavy atom. The Morgan fingerprint density at radius 2 is 1.88 bits per heavy atom.